The summed E-state index contributed by atoms with van der Waals surface area (Å²) in [5.41, 5.74) is 9.22. The first-order chi connectivity index (χ1) is 10.8. The van der Waals surface area contributed by atoms with Crippen molar-refractivity contribution in [1.82, 2.24) is 10.6 Å². The van der Waals surface area contributed by atoms with Gasteiger partial charge in [0.05, 0.1) is 7.11 Å². The molecule has 4 nitrogen and oxygen atoms in total. The van der Waals surface area contributed by atoms with E-state index in [-0.39, 0.29) is 5.66 Å². The van der Waals surface area contributed by atoms with Gasteiger partial charge in [0.1, 0.15) is 11.4 Å². The third-order valence-corrected chi connectivity index (χ3v) is 4.29. The van der Waals surface area contributed by atoms with Crippen molar-refractivity contribution in [3.63, 3.8) is 0 Å². The van der Waals surface area contributed by atoms with E-state index in [0.29, 0.717) is 6.54 Å². The maximum Gasteiger partial charge on any atom is 0.119 e. The normalized spacial score (nSPS) is 17.2. The quantitative estimate of drug-likeness (QED) is 0.808. The highest BCUT2D eigenvalue weighted by Crippen LogP contribution is 2.26. The van der Waals surface area contributed by atoms with Crippen molar-refractivity contribution in [3.8, 4) is 16.9 Å². The van der Waals surface area contributed by atoms with Crippen molar-refractivity contribution in [2.75, 3.05) is 26.7 Å². The maximum absolute atomic E-state index is 6.02. The second-order valence-electron chi connectivity index (χ2n) is 5.63. The van der Waals surface area contributed by atoms with E-state index < -0.39 is 0 Å². The summed E-state index contributed by atoms with van der Waals surface area (Å²) in [5.74, 6) is 0.871. The van der Waals surface area contributed by atoms with Crippen molar-refractivity contribution < 1.29 is 4.74 Å². The SMILES string of the molecule is COc1cccc(-c2ccc(C3(CN)NCCCN3)cc2)c1. The fraction of sp³-hybridized carbons (Fsp3) is 0.333. The molecule has 4 N–H and O–H groups in total. The van der Waals surface area contributed by atoms with Crippen LogP contribution in [0, 0.1) is 0 Å². The van der Waals surface area contributed by atoms with Gasteiger partial charge >= 0.3 is 0 Å². The lowest BCUT2D eigenvalue weighted by molar-refractivity contribution is 0.231. The van der Waals surface area contributed by atoms with E-state index in [0.717, 1.165) is 30.8 Å². The summed E-state index contributed by atoms with van der Waals surface area (Å²) in [6.45, 7) is 2.51. The Morgan fingerprint density at radius 3 is 2.41 bits per heavy atom. The number of hydrogen-bond donors (Lipinski definition) is 3. The molecule has 0 aliphatic carbocycles. The fourth-order valence-electron chi connectivity index (χ4n) is 2.97. The number of hydrogen-bond acceptors (Lipinski definition) is 4. The summed E-state index contributed by atoms with van der Waals surface area (Å²) >= 11 is 0. The molecule has 0 spiro atoms. The van der Waals surface area contributed by atoms with Gasteiger partial charge in [-0.05, 0) is 48.3 Å². The zero-order valence-corrected chi connectivity index (χ0v) is 12.9. The molecule has 2 aromatic rings. The number of ether oxygens (including phenoxy) is 1. The Bertz CT molecular complexity index is 618. The van der Waals surface area contributed by atoms with Crippen LogP contribution in [0.4, 0.5) is 0 Å². The average molecular weight is 297 g/mol. The molecule has 4 heteroatoms. The van der Waals surface area contributed by atoms with E-state index in [1.54, 1.807) is 7.11 Å². The summed E-state index contributed by atoms with van der Waals surface area (Å²) < 4.78 is 5.29. The van der Waals surface area contributed by atoms with Gasteiger partial charge in [-0.2, -0.15) is 0 Å². The first kappa shape index (κ1) is 15.0. The van der Waals surface area contributed by atoms with E-state index >= 15 is 0 Å². The Kier molecular flexibility index (Phi) is 4.43. The van der Waals surface area contributed by atoms with E-state index in [1.165, 1.54) is 11.1 Å². The molecule has 0 atom stereocenters. The molecule has 0 bridgehead atoms. The van der Waals surface area contributed by atoms with Crippen LogP contribution in [-0.4, -0.2) is 26.7 Å². The van der Waals surface area contributed by atoms with Gasteiger partial charge in [0.25, 0.3) is 0 Å². The Morgan fingerprint density at radius 2 is 1.77 bits per heavy atom. The molecule has 116 valence electrons. The lowest BCUT2D eigenvalue weighted by Gasteiger charge is -2.39. The van der Waals surface area contributed by atoms with Crippen LogP contribution in [0.15, 0.2) is 48.5 Å². The number of nitrogens with two attached hydrogens (primary N) is 1. The molecular formula is C18H23N3O. The molecule has 3 rings (SSSR count). The van der Waals surface area contributed by atoms with E-state index in [1.807, 2.05) is 18.2 Å². The standard InChI is InChI=1S/C18H23N3O/c1-22-17-5-2-4-15(12-17)14-6-8-16(9-7-14)18(13-19)20-10-3-11-21-18/h2,4-9,12,20-21H,3,10-11,13,19H2,1H3. The first-order valence-electron chi connectivity index (χ1n) is 7.72. The molecule has 0 amide bonds. The highest BCUT2D eigenvalue weighted by Gasteiger charge is 2.31. The number of benzene rings is 2. The van der Waals surface area contributed by atoms with Crippen LogP contribution < -0.4 is 21.1 Å². The number of nitrogens with one attached hydrogen (secondary N) is 2. The molecule has 1 fully saturated rings. The van der Waals surface area contributed by atoms with Crippen LogP contribution in [0.3, 0.4) is 0 Å². The molecule has 0 unspecified atom stereocenters. The van der Waals surface area contributed by atoms with Crippen LogP contribution >= 0.6 is 0 Å². The Balaban J connectivity index is 1.88. The second kappa shape index (κ2) is 6.48. The Labute approximate surface area is 131 Å². The van der Waals surface area contributed by atoms with Gasteiger partial charge in [0, 0.05) is 6.54 Å². The zero-order valence-electron chi connectivity index (χ0n) is 12.9. The highest BCUT2D eigenvalue weighted by atomic mass is 16.5. The van der Waals surface area contributed by atoms with Gasteiger partial charge in [0.15, 0.2) is 0 Å². The molecule has 1 heterocycles. The maximum atomic E-state index is 6.02. The third-order valence-electron chi connectivity index (χ3n) is 4.29. The molecule has 1 aliphatic heterocycles. The van der Waals surface area contributed by atoms with Crippen LogP contribution in [0.25, 0.3) is 11.1 Å². The highest BCUT2D eigenvalue weighted by molar-refractivity contribution is 5.65. The fourth-order valence-corrected chi connectivity index (χ4v) is 2.97. The van der Waals surface area contributed by atoms with E-state index in [2.05, 4.69) is 41.0 Å². The van der Waals surface area contributed by atoms with Crippen LogP contribution in [0.5, 0.6) is 5.75 Å². The first-order valence-corrected chi connectivity index (χ1v) is 7.72. The average Bonchev–Trinajstić information content (AvgIpc) is 2.62. The van der Waals surface area contributed by atoms with Crippen molar-refractivity contribution in [1.29, 1.82) is 0 Å². The van der Waals surface area contributed by atoms with Crippen LogP contribution in [0.2, 0.25) is 0 Å². The minimum absolute atomic E-state index is 0.300. The summed E-state index contributed by atoms with van der Waals surface area (Å²) in [7, 11) is 1.69. The van der Waals surface area contributed by atoms with Crippen molar-refractivity contribution >= 4 is 0 Å². The molecule has 0 saturated carbocycles. The van der Waals surface area contributed by atoms with Crippen LogP contribution in [-0.2, 0) is 5.66 Å². The number of rotatable bonds is 4. The molecular weight excluding hydrogens is 274 g/mol. The zero-order chi connectivity index (χ0) is 15.4. The monoisotopic (exact) mass is 297 g/mol. The lowest BCUT2D eigenvalue weighted by atomic mass is 9.94. The molecule has 1 saturated heterocycles. The van der Waals surface area contributed by atoms with Crippen molar-refractivity contribution in [3.05, 3.63) is 54.1 Å². The van der Waals surface area contributed by atoms with Crippen LogP contribution in [0.1, 0.15) is 12.0 Å². The molecule has 1 aliphatic rings. The predicted molar refractivity (Wildman–Crippen MR) is 89.8 cm³/mol. The predicted octanol–water partition coefficient (Wildman–Crippen LogP) is 2.06. The van der Waals surface area contributed by atoms with Gasteiger partial charge < -0.3 is 10.5 Å². The van der Waals surface area contributed by atoms with Gasteiger partial charge in [-0.25, -0.2) is 0 Å². The summed E-state index contributed by atoms with van der Waals surface area (Å²) in [4.78, 5) is 0. The minimum atomic E-state index is -0.300. The molecule has 0 radical (unpaired) electrons. The minimum Gasteiger partial charge on any atom is -0.497 e. The summed E-state index contributed by atoms with van der Waals surface area (Å²) in [5, 5.41) is 7.04. The number of methoxy groups -OCH3 is 1. The van der Waals surface area contributed by atoms with Crippen molar-refractivity contribution in [2.45, 2.75) is 12.1 Å². The molecule has 2 aromatic carbocycles. The van der Waals surface area contributed by atoms with Gasteiger partial charge in [-0.15, -0.1) is 0 Å². The van der Waals surface area contributed by atoms with Gasteiger partial charge in [-0.3, -0.25) is 10.6 Å². The summed E-state index contributed by atoms with van der Waals surface area (Å²) in [6, 6.07) is 16.7. The van der Waals surface area contributed by atoms with Gasteiger partial charge in [0.2, 0.25) is 0 Å². The largest absolute Gasteiger partial charge is 0.497 e. The smallest absolute Gasteiger partial charge is 0.119 e. The van der Waals surface area contributed by atoms with E-state index in [4.69, 9.17) is 10.5 Å². The topological polar surface area (TPSA) is 59.3 Å². The van der Waals surface area contributed by atoms with E-state index in [9.17, 15) is 0 Å². The third kappa shape index (κ3) is 2.86. The molecule has 0 aromatic heterocycles. The van der Waals surface area contributed by atoms with Gasteiger partial charge in [-0.1, -0.05) is 36.4 Å². The Hall–Kier alpha value is -1.88. The van der Waals surface area contributed by atoms with Crippen molar-refractivity contribution in [2.24, 2.45) is 5.73 Å². The second-order valence-corrected chi connectivity index (χ2v) is 5.63. The summed E-state index contributed by atoms with van der Waals surface area (Å²) in [6.07, 6.45) is 1.13. The Morgan fingerprint density at radius 1 is 1.05 bits per heavy atom. The lowest BCUT2D eigenvalue weighted by Crippen LogP contribution is -2.62. The molecule has 22 heavy (non-hydrogen) atoms.